The van der Waals surface area contributed by atoms with E-state index in [1.54, 1.807) is 11.3 Å². The summed E-state index contributed by atoms with van der Waals surface area (Å²) in [5.74, 6) is 0.260. The van der Waals surface area contributed by atoms with Crippen LogP contribution in [0.5, 0.6) is 0 Å². The van der Waals surface area contributed by atoms with Gasteiger partial charge in [0, 0.05) is 29.8 Å². The smallest absolute Gasteiger partial charge is 0.325 e. The predicted octanol–water partition coefficient (Wildman–Crippen LogP) is 2.14. The molecule has 0 radical (unpaired) electrons. The third-order valence-electron chi connectivity index (χ3n) is 3.26. The van der Waals surface area contributed by atoms with Crippen LogP contribution < -0.4 is 0 Å². The topological polar surface area (TPSA) is 85.5 Å². The largest absolute Gasteiger partial charge is 0.468 e. The van der Waals surface area contributed by atoms with Crippen molar-refractivity contribution in [2.45, 2.75) is 32.7 Å². The van der Waals surface area contributed by atoms with E-state index in [2.05, 4.69) is 14.9 Å². The van der Waals surface area contributed by atoms with Gasteiger partial charge in [0.25, 0.3) is 0 Å². The molecule has 0 aliphatic rings. The molecule has 0 saturated heterocycles. The number of hydrogen-bond acceptors (Lipinski definition) is 7. The van der Waals surface area contributed by atoms with Crippen LogP contribution in [0.3, 0.4) is 0 Å². The van der Waals surface area contributed by atoms with E-state index >= 15 is 0 Å². The summed E-state index contributed by atoms with van der Waals surface area (Å²) in [6.45, 7) is 3.64. The number of thiophene rings is 1. The lowest BCUT2D eigenvalue weighted by atomic mass is 10.2. The van der Waals surface area contributed by atoms with Crippen LogP contribution in [0.1, 0.15) is 26.2 Å². The van der Waals surface area contributed by atoms with Gasteiger partial charge in [-0.1, -0.05) is 0 Å². The van der Waals surface area contributed by atoms with Crippen molar-refractivity contribution in [1.82, 2.24) is 15.1 Å². The monoisotopic (exact) mass is 337 g/mol. The summed E-state index contributed by atoms with van der Waals surface area (Å²) in [6, 6.07) is 1.80. The van der Waals surface area contributed by atoms with Crippen molar-refractivity contribution in [3.63, 3.8) is 0 Å². The van der Waals surface area contributed by atoms with E-state index in [-0.39, 0.29) is 24.9 Å². The Hall–Kier alpha value is -2.22. The molecule has 8 heteroatoms. The van der Waals surface area contributed by atoms with Crippen LogP contribution in [0.2, 0.25) is 0 Å². The SMILES string of the molecule is COC(=O)CN(C(=O)CCc1nnc(-c2ccsc2)o1)C(C)C. The van der Waals surface area contributed by atoms with E-state index in [0.29, 0.717) is 18.2 Å². The van der Waals surface area contributed by atoms with E-state index in [1.165, 1.54) is 12.0 Å². The van der Waals surface area contributed by atoms with E-state index < -0.39 is 5.97 Å². The Balaban J connectivity index is 1.93. The number of carbonyl (C=O) groups is 2. The molecule has 2 aromatic rings. The Bertz CT molecular complexity index is 651. The van der Waals surface area contributed by atoms with E-state index in [0.717, 1.165) is 5.56 Å². The quantitative estimate of drug-likeness (QED) is 0.720. The average Bonchev–Trinajstić information content (AvgIpc) is 3.20. The van der Waals surface area contributed by atoms with E-state index in [1.807, 2.05) is 30.7 Å². The molecule has 0 unspecified atom stereocenters. The Labute approximate surface area is 138 Å². The lowest BCUT2D eigenvalue weighted by Crippen LogP contribution is -2.41. The van der Waals surface area contributed by atoms with Crippen molar-refractivity contribution in [1.29, 1.82) is 0 Å². The standard InChI is InChI=1S/C15H19N3O4S/c1-10(2)18(8-14(20)21-3)13(19)5-4-12-16-17-15(22-12)11-6-7-23-9-11/h6-7,9-10H,4-5,8H2,1-3H3. The average molecular weight is 337 g/mol. The maximum Gasteiger partial charge on any atom is 0.325 e. The number of rotatable bonds is 7. The van der Waals surface area contributed by atoms with Gasteiger partial charge in [-0.2, -0.15) is 11.3 Å². The first-order valence-electron chi connectivity index (χ1n) is 7.22. The Morgan fingerprint density at radius 3 is 2.78 bits per heavy atom. The summed E-state index contributed by atoms with van der Waals surface area (Å²) in [5.41, 5.74) is 0.870. The molecule has 0 aromatic carbocycles. The van der Waals surface area contributed by atoms with Crippen LogP contribution in [0.4, 0.5) is 0 Å². The number of ether oxygens (including phenoxy) is 1. The van der Waals surface area contributed by atoms with Gasteiger partial charge in [0.05, 0.1) is 7.11 Å². The van der Waals surface area contributed by atoms with Gasteiger partial charge in [-0.25, -0.2) is 0 Å². The highest BCUT2D eigenvalue weighted by molar-refractivity contribution is 7.08. The number of aryl methyl sites for hydroxylation is 1. The summed E-state index contributed by atoms with van der Waals surface area (Å²) in [7, 11) is 1.30. The fraction of sp³-hybridized carbons (Fsp3) is 0.467. The van der Waals surface area contributed by atoms with Crippen molar-refractivity contribution >= 4 is 23.2 Å². The Morgan fingerprint density at radius 1 is 1.39 bits per heavy atom. The van der Waals surface area contributed by atoms with Crippen LogP contribution in [0.25, 0.3) is 11.5 Å². The molecule has 2 heterocycles. The lowest BCUT2D eigenvalue weighted by Gasteiger charge is -2.25. The molecule has 7 nitrogen and oxygen atoms in total. The van der Waals surface area contributed by atoms with Gasteiger partial charge in [0.1, 0.15) is 6.54 Å². The molecule has 1 amide bonds. The first-order chi connectivity index (χ1) is 11.0. The van der Waals surface area contributed by atoms with Crippen molar-refractivity contribution < 1.29 is 18.7 Å². The van der Waals surface area contributed by atoms with Gasteiger partial charge >= 0.3 is 5.97 Å². The number of carbonyl (C=O) groups excluding carboxylic acids is 2. The predicted molar refractivity (Wildman–Crippen MR) is 84.8 cm³/mol. The number of esters is 1. The molecule has 0 aliphatic heterocycles. The molecule has 0 N–H and O–H groups in total. The zero-order valence-corrected chi connectivity index (χ0v) is 14.1. The third-order valence-corrected chi connectivity index (χ3v) is 3.94. The maximum atomic E-state index is 12.3. The van der Waals surface area contributed by atoms with Gasteiger partial charge in [-0.15, -0.1) is 10.2 Å². The highest BCUT2D eigenvalue weighted by Crippen LogP contribution is 2.20. The third kappa shape index (κ3) is 4.62. The molecule has 2 rings (SSSR count). The minimum atomic E-state index is -0.440. The number of aromatic nitrogens is 2. The number of amides is 1. The maximum absolute atomic E-state index is 12.3. The summed E-state index contributed by atoms with van der Waals surface area (Å²) in [5, 5.41) is 11.8. The molecule has 23 heavy (non-hydrogen) atoms. The van der Waals surface area contributed by atoms with E-state index in [4.69, 9.17) is 4.42 Å². The Kier molecular flexibility index (Phi) is 5.86. The fourth-order valence-electron chi connectivity index (χ4n) is 1.98. The van der Waals surface area contributed by atoms with Gasteiger partial charge in [0.2, 0.25) is 17.7 Å². The molecule has 0 aliphatic carbocycles. The van der Waals surface area contributed by atoms with Gasteiger partial charge in [0.15, 0.2) is 0 Å². The zero-order chi connectivity index (χ0) is 16.8. The van der Waals surface area contributed by atoms with Crippen LogP contribution >= 0.6 is 11.3 Å². The molecular formula is C15H19N3O4S. The first kappa shape index (κ1) is 17.1. The summed E-state index contributed by atoms with van der Waals surface area (Å²) in [6.07, 6.45) is 0.529. The first-order valence-corrected chi connectivity index (χ1v) is 8.16. The molecule has 2 aromatic heterocycles. The number of methoxy groups -OCH3 is 1. The molecule has 124 valence electrons. The second-order valence-corrected chi connectivity index (χ2v) is 5.98. The molecular weight excluding hydrogens is 318 g/mol. The van der Waals surface area contributed by atoms with Crippen molar-refractivity contribution in [2.75, 3.05) is 13.7 Å². The second kappa shape index (κ2) is 7.87. The zero-order valence-electron chi connectivity index (χ0n) is 13.3. The number of nitrogens with zero attached hydrogens (tertiary/aromatic N) is 3. The van der Waals surface area contributed by atoms with Crippen LogP contribution in [0.15, 0.2) is 21.2 Å². The minimum Gasteiger partial charge on any atom is -0.468 e. The lowest BCUT2D eigenvalue weighted by molar-refractivity contribution is -0.148. The second-order valence-electron chi connectivity index (χ2n) is 5.20. The number of hydrogen-bond donors (Lipinski definition) is 0. The highest BCUT2D eigenvalue weighted by atomic mass is 32.1. The van der Waals surface area contributed by atoms with Crippen LogP contribution in [-0.2, 0) is 20.7 Å². The normalized spacial score (nSPS) is 10.8. The highest BCUT2D eigenvalue weighted by Gasteiger charge is 2.21. The summed E-state index contributed by atoms with van der Waals surface area (Å²) >= 11 is 1.54. The summed E-state index contributed by atoms with van der Waals surface area (Å²) < 4.78 is 10.2. The molecule has 0 saturated carbocycles. The van der Waals surface area contributed by atoms with Gasteiger partial charge in [-0.3, -0.25) is 9.59 Å². The van der Waals surface area contributed by atoms with Crippen molar-refractivity contribution in [2.24, 2.45) is 0 Å². The Morgan fingerprint density at radius 2 is 2.17 bits per heavy atom. The molecule has 0 bridgehead atoms. The summed E-state index contributed by atoms with van der Waals surface area (Å²) in [4.78, 5) is 25.1. The molecule has 0 atom stereocenters. The minimum absolute atomic E-state index is 0.0585. The molecule has 0 fully saturated rings. The molecule has 0 spiro atoms. The van der Waals surface area contributed by atoms with Crippen molar-refractivity contribution in [3.8, 4) is 11.5 Å². The van der Waals surface area contributed by atoms with Crippen LogP contribution in [-0.4, -0.2) is 46.7 Å². The van der Waals surface area contributed by atoms with Gasteiger partial charge in [-0.05, 0) is 25.3 Å². The van der Waals surface area contributed by atoms with E-state index in [9.17, 15) is 9.59 Å². The van der Waals surface area contributed by atoms with Gasteiger partial charge < -0.3 is 14.1 Å². The fourth-order valence-corrected chi connectivity index (χ4v) is 2.61. The van der Waals surface area contributed by atoms with Crippen molar-refractivity contribution in [3.05, 3.63) is 22.7 Å². The van der Waals surface area contributed by atoms with Crippen LogP contribution in [0, 0.1) is 0 Å².